The minimum Gasteiger partial charge on any atom is -0.312 e. The topological polar surface area (TPSA) is 47.8 Å². The average molecular weight is 379 g/mol. The van der Waals surface area contributed by atoms with Crippen LogP contribution in [-0.4, -0.2) is 20.7 Å². The number of halogens is 4. The second-order valence-corrected chi connectivity index (χ2v) is 6.22. The molecule has 0 fully saturated rings. The van der Waals surface area contributed by atoms with Crippen LogP contribution in [0.15, 0.2) is 41.6 Å². The lowest BCUT2D eigenvalue weighted by atomic mass is 10.1. The molecule has 3 rings (SSSR count). The van der Waals surface area contributed by atoms with Crippen molar-refractivity contribution in [2.45, 2.75) is 38.9 Å². The van der Waals surface area contributed by atoms with Crippen LogP contribution in [0.2, 0.25) is 0 Å². The van der Waals surface area contributed by atoms with Crippen molar-refractivity contribution in [3.63, 3.8) is 0 Å². The lowest BCUT2D eigenvalue weighted by Crippen LogP contribution is -2.24. The Morgan fingerprint density at radius 1 is 1.15 bits per heavy atom. The van der Waals surface area contributed by atoms with Gasteiger partial charge in [-0.1, -0.05) is 13.3 Å². The van der Waals surface area contributed by atoms with E-state index in [2.05, 4.69) is 9.97 Å². The van der Waals surface area contributed by atoms with Gasteiger partial charge >= 0.3 is 0 Å². The van der Waals surface area contributed by atoms with Gasteiger partial charge in [-0.05, 0) is 30.0 Å². The molecule has 1 aromatic carbocycles. The van der Waals surface area contributed by atoms with Gasteiger partial charge in [0.15, 0.2) is 5.82 Å². The number of fused-ring (bicyclic) bond motifs is 1. The first-order chi connectivity index (χ1) is 12.9. The molecule has 1 atom stereocenters. The van der Waals surface area contributed by atoms with Crippen LogP contribution in [-0.2, 0) is 6.54 Å². The highest BCUT2D eigenvalue weighted by Gasteiger charge is 2.15. The monoisotopic (exact) mass is 379 g/mol. The predicted molar refractivity (Wildman–Crippen MR) is 94.0 cm³/mol. The summed E-state index contributed by atoms with van der Waals surface area (Å²) in [5.41, 5.74) is -0.865. The van der Waals surface area contributed by atoms with E-state index in [9.17, 15) is 22.4 Å². The molecule has 0 saturated carbocycles. The highest BCUT2D eigenvalue weighted by molar-refractivity contribution is 5.85. The van der Waals surface area contributed by atoms with Crippen LogP contribution in [0.3, 0.4) is 0 Å². The maximum absolute atomic E-state index is 14.5. The Hall–Kier alpha value is -2.77. The summed E-state index contributed by atoms with van der Waals surface area (Å²) in [7, 11) is 0. The molecule has 0 N–H and O–H groups in total. The smallest absolute Gasteiger partial charge is 0.266 e. The van der Waals surface area contributed by atoms with Crippen molar-refractivity contribution in [3.05, 3.63) is 58.5 Å². The van der Waals surface area contributed by atoms with E-state index < -0.39 is 24.0 Å². The van der Waals surface area contributed by atoms with Crippen LogP contribution >= 0.6 is 0 Å². The molecule has 0 saturated heterocycles. The predicted octanol–water partition coefficient (Wildman–Crippen LogP) is 4.67. The summed E-state index contributed by atoms with van der Waals surface area (Å²) in [6.45, 7) is 1.76. The molecule has 8 heteroatoms. The van der Waals surface area contributed by atoms with Gasteiger partial charge < -0.3 is 4.57 Å². The zero-order valence-electron chi connectivity index (χ0n) is 14.5. The summed E-state index contributed by atoms with van der Waals surface area (Å²) in [6.07, 6.45) is 0.445. The Bertz CT molecular complexity index is 1000. The van der Waals surface area contributed by atoms with Crippen molar-refractivity contribution < 1.29 is 17.6 Å². The number of aromatic nitrogens is 3. The number of rotatable bonds is 6. The Morgan fingerprint density at radius 2 is 1.85 bits per heavy atom. The van der Waals surface area contributed by atoms with E-state index in [1.165, 1.54) is 16.8 Å². The molecular formula is C19H17F4N3O. The van der Waals surface area contributed by atoms with Gasteiger partial charge in [0.1, 0.15) is 12.0 Å². The van der Waals surface area contributed by atoms with Crippen molar-refractivity contribution in [2.24, 2.45) is 0 Å². The van der Waals surface area contributed by atoms with E-state index in [1.807, 2.05) is 6.92 Å². The Labute approximate surface area is 152 Å². The molecule has 3 aromatic rings. The normalized spacial score (nSPS) is 12.7. The maximum Gasteiger partial charge on any atom is 0.266 e. The van der Waals surface area contributed by atoms with Crippen molar-refractivity contribution in [2.75, 3.05) is 0 Å². The minimum atomic E-state index is -2.72. The largest absolute Gasteiger partial charge is 0.312 e. The first kappa shape index (κ1) is 19.0. The van der Waals surface area contributed by atoms with E-state index in [0.29, 0.717) is 18.2 Å². The van der Waals surface area contributed by atoms with E-state index in [-0.39, 0.29) is 28.9 Å². The molecule has 0 aliphatic carbocycles. The van der Waals surface area contributed by atoms with E-state index >= 15 is 0 Å². The van der Waals surface area contributed by atoms with Crippen LogP contribution in [0, 0.1) is 5.82 Å². The number of alkyl halides is 3. The molecule has 0 radical (unpaired) electrons. The van der Waals surface area contributed by atoms with Gasteiger partial charge in [-0.15, -0.1) is 0 Å². The van der Waals surface area contributed by atoms with E-state index in [0.717, 1.165) is 18.5 Å². The lowest BCUT2D eigenvalue weighted by molar-refractivity contribution is 0.150. The third kappa shape index (κ3) is 3.99. The Morgan fingerprint density at radius 3 is 2.48 bits per heavy atom. The van der Waals surface area contributed by atoms with Gasteiger partial charge in [0, 0.05) is 18.6 Å². The summed E-state index contributed by atoms with van der Waals surface area (Å²) in [5, 5.41) is 0.534. The van der Waals surface area contributed by atoms with Crippen molar-refractivity contribution >= 4 is 10.8 Å². The molecular weight excluding hydrogens is 362 g/mol. The Kier molecular flexibility index (Phi) is 5.53. The molecule has 0 amide bonds. The fraction of sp³-hybridized carbons (Fsp3) is 0.316. The molecule has 0 aliphatic rings. The van der Waals surface area contributed by atoms with Crippen molar-refractivity contribution in [1.82, 2.24) is 14.5 Å². The zero-order chi connectivity index (χ0) is 19.6. The average Bonchev–Trinajstić information content (AvgIpc) is 2.64. The maximum atomic E-state index is 14.5. The molecule has 4 nitrogen and oxygen atoms in total. The summed E-state index contributed by atoms with van der Waals surface area (Å²) in [4.78, 5) is 20.1. The standard InChI is InChI=1S/C19H17F4N3O/c1-2-3-13(20)10-26-5-4-11-6-15(16(21)7-14(11)19(26)27)18-24-8-12(9-25-18)17(22)23/h4-9,13,17H,2-3,10H2,1H3. The van der Waals surface area contributed by atoms with Gasteiger partial charge in [0.2, 0.25) is 0 Å². The fourth-order valence-corrected chi connectivity index (χ4v) is 2.83. The molecule has 27 heavy (non-hydrogen) atoms. The van der Waals surface area contributed by atoms with Crippen LogP contribution in [0.25, 0.3) is 22.2 Å². The number of pyridine rings is 1. The molecule has 142 valence electrons. The SMILES string of the molecule is CCCC(F)Cn1ccc2cc(-c3ncc(C(F)F)cn3)c(F)cc2c1=O. The first-order valence-corrected chi connectivity index (χ1v) is 8.48. The molecule has 2 aromatic heterocycles. The second kappa shape index (κ2) is 7.85. The van der Waals surface area contributed by atoms with Gasteiger partial charge in [-0.3, -0.25) is 4.79 Å². The number of benzene rings is 1. The summed E-state index contributed by atoms with van der Waals surface area (Å²) < 4.78 is 54.7. The first-order valence-electron chi connectivity index (χ1n) is 8.48. The quantitative estimate of drug-likeness (QED) is 0.585. The zero-order valence-corrected chi connectivity index (χ0v) is 14.5. The number of hydrogen-bond acceptors (Lipinski definition) is 3. The third-order valence-corrected chi connectivity index (χ3v) is 4.23. The van der Waals surface area contributed by atoms with Gasteiger partial charge in [-0.25, -0.2) is 27.5 Å². The fourth-order valence-electron chi connectivity index (χ4n) is 2.83. The minimum absolute atomic E-state index is 0.00480. The van der Waals surface area contributed by atoms with Crippen molar-refractivity contribution in [3.8, 4) is 11.4 Å². The third-order valence-electron chi connectivity index (χ3n) is 4.23. The summed E-state index contributed by atoms with van der Waals surface area (Å²) in [6, 6.07) is 4.00. The molecule has 0 aliphatic heterocycles. The summed E-state index contributed by atoms with van der Waals surface area (Å²) >= 11 is 0. The molecule has 0 spiro atoms. The Balaban J connectivity index is 2.01. The second-order valence-electron chi connectivity index (χ2n) is 6.22. The lowest BCUT2D eigenvalue weighted by Gasteiger charge is -2.11. The van der Waals surface area contributed by atoms with Gasteiger partial charge in [-0.2, -0.15) is 0 Å². The van der Waals surface area contributed by atoms with E-state index in [4.69, 9.17) is 0 Å². The molecule has 1 unspecified atom stereocenters. The molecule has 0 bridgehead atoms. The van der Waals surface area contributed by atoms with Crippen LogP contribution in [0.4, 0.5) is 17.6 Å². The van der Waals surface area contributed by atoms with Crippen molar-refractivity contribution in [1.29, 1.82) is 0 Å². The van der Waals surface area contributed by atoms with Gasteiger partial charge in [0.25, 0.3) is 12.0 Å². The highest BCUT2D eigenvalue weighted by atomic mass is 19.3. The molecule has 2 heterocycles. The van der Waals surface area contributed by atoms with Crippen LogP contribution in [0.5, 0.6) is 0 Å². The highest BCUT2D eigenvalue weighted by Crippen LogP contribution is 2.25. The summed E-state index contributed by atoms with van der Waals surface area (Å²) in [5.74, 6) is -0.817. The number of hydrogen-bond donors (Lipinski definition) is 0. The van der Waals surface area contributed by atoms with E-state index in [1.54, 1.807) is 6.07 Å². The number of nitrogens with zero attached hydrogens (tertiary/aromatic N) is 3. The van der Waals surface area contributed by atoms with Gasteiger partial charge in [0.05, 0.1) is 23.1 Å². The van der Waals surface area contributed by atoms with Crippen LogP contribution in [0.1, 0.15) is 31.8 Å². The van der Waals surface area contributed by atoms with Crippen LogP contribution < -0.4 is 5.56 Å².